The number of nitrogens with one attached hydrogen (secondary N) is 3. The van der Waals surface area contributed by atoms with Crippen LogP contribution >= 0.6 is 0 Å². The first-order chi connectivity index (χ1) is 9.54. The first kappa shape index (κ1) is 15.0. The number of hydrogen-bond acceptors (Lipinski definition) is 4. The second-order valence-electron chi connectivity index (χ2n) is 3.57. The van der Waals surface area contributed by atoms with Crippen molar-refractivity contribution >= 4 is 17.7 Å². The highest BCUT2D eigenvalue weighted by Crippen LogP contribution is 2.02. The molecule has 8 nitrogen and oxygen atoms in total. The van der Waals surface area contributed by atoms with Gasteiger partial charge < -0.3 is 11.1 Å². The Morgan fingerprint density at radius 1 is 1.50 bits per heavy atom. The standard InChI is InChI=1S/C12H13N5O3/c1-2-11(19)14-5-3-9-8(7-16-17-9)12(20)15-6-4-10(13)18/h2,7H,1,4,6H2,(H2,13,18)(H,14,19)(H,15,20)(H,16,17). The minimum absolute atomic E-state index is 0.0417. The van der Waals surface area contributed by atoms with Crippen LogP contribution in [0.1, 0.15) is 22.5 Å². The van der Waals surface area contributed by atoms with Gasteiger partial charge in [-0.25, -0.2) is 0 Å². The van der Waals surface area contributed by atoms with E-state index in [1.54, 1.807) is 0 Å². The quantitative estimate of drug-likeness (QED) is 0.300. The van der Waals surface area contributed by atoms with Crippen LogP contribution in [0.5, 0.6) is 0 Å². The Morgan fingerprint density at radius 3 is 2.90 bits per heavy atom. The number of nitrogens with two attached hydrogens (primary N) is 1. The molecule has 0 aliphatic heterocycles. The fourth-order valence-electron chi connectivity index (χ4n) is 1.15. The second kappa shape index (κ2) is 7.38. The number of hydrogen-bond donors (Lipinski definition) is 4. The van der Waals surface area contributed by atoms with Gasteiger partial charge in [0.05, 0.1) is 11.8 Å². The smallest absolute Gasteiger partial charge is 0.255 e. The maximum Gasteiger partial charge on any atom is 0.255 e. The van der Waals surface area contributed by atoms with E-state index in [0.717, 1.165) is 6.08 Å². The highest BCUT2D eigenvalue weighted by atomic mass is 16.2. The molecule has 0 unspecified atom stereocenters. The first-order valence-corrected chi connectivity index (χ1v) is 5.58. The Hall–Kier alpha value is -3.08. The summed E-state index contributed by atoms with van der Waals surface area (Å²) in [4.78, 5) is 33.2. The van der Waals surface area contributed by atoms with Crippen molar-refractivity contribution in [3.63, 3.8) is 0 Å². The first-order valence-electron chi connectivity index (χ1n) is 5.58. The summed E-state index contributed by atoms with van der Waals surface area (Å²) in [7, 11) is 0. The predicted molar refractivity (Wildman–Crippen MR) is 70.0 cm³/mol. The van der Waals surface area contributed by atoms with Gasteiger partial charge in [0.15, 0.2) is 0 Å². The summed E-state index contributed by atoms with van der Waals surface area (Å²) in [5.41, 5.74) is 5.40. The lowest BCUT2D eigenvalue weighted by Gasteiger charge is -2.01. The van der Waals surface area contributed by atoms with Gasteiger partial charge in [0.25, 0.3) is 11.8 Å². The van der Waals surface area contributed by atoms with Gasteiger partial charge >= 0.3 is 0 Å². The molecule has 0 bridgehead atoms. The summed E-state index contributed by atoms with van der Waals surface area (Å²) in [6.07, 6.45) is 2.40. The van der Waals surface area contributed by atoms with E-state index >= 15 is 0 Å². The molecule has 1 aromatic heterocycles. The van der Waals surface area contributed by atoms with Crippen molar-refractivity contribution in [1.82, 2.24) is 20.8 Å². The second-order valence-corrected chi connectivity index (χ2v) is 3.57. The predicted octanol–water partition coefficient (Wildman–Crippen LogP) is -1.37. The molecule has 0 saturated heterocycles. The third-order valence-corrected chi connectivity index (χ3v) is 2.10. The van der Waals surface area contributed by atoms with Gasteiger partial charge in [-0.15, -0.1) is 0 Å². The number of rotatable bonds is 5. The monoisotopic (exact) mass is 275 g/mol. The Bertz CT molecular complexity index is 594. The molecule has 1 rings (SSSR count). The maximum absolute atomic E-state index is 11.8. The van der Waals surface area contributed by atoms with Crippen LogP contribution in [-0.2, 0) is 9.59 Å². The molecule has 1 heterocycles. The summed E-state index contributed by atoms with van der Waals surface area (Å²) < 4.78 is 0. The molecule has 0 aromatic carbocycles. The van der Waals surface area contributed by atoms with E-state index < -0.39 is 17.7 Å². The van der Waals surface area contributed by atoms with Crippen molar-refractivity contribution < 1.29 is 14.4 Å². The lowest BCUT2D eigenvalue weighted by atomic mass is 10.2. The fraction of sp³-hybridized carbons (Fsp3) is 0.167. The van der Waals surface area contributed by atoms with Crippen LogP contribution in [0.25, 0.3) is 0 Å². The van der Waals surface area contributed by atoms with Crippen LogP contribution in [0.2, 0.25) is 0 Å². The van der Waals surface area contributed by atoms with Crippen molar-refractivity contribution in [2.45, 2.75) is 6.42 Å². The van der Waals surface area contributed by atoms with Crippen molar-refractivity contribution in [1.29, 1.82) is 0 Å². The average Bonchev–Trinajstić information content (AvgIpc) is 2.86. The van der Waals surface area contributed by atoms with E-state index in [0.29, 0.717) is 0 Å². The Morgan fingerprint density at radius 2 is 2.25 bits per heavy atom. The summed E-state index contributed by atoms with van der Waals surface area (Å²) in [6, 6.07) is 2.36. The molecule has 0 fully saturated rings. The molecular weight excluding hydrogens is 262 g/mol. The molecule has 0 atom stereocenters. The summed E-state index contributed by atoms with van der Waals surface area (Å²) in [6.45, 7) is 3.39. The molecule has 0 radical (unpaired) electrons. The van der Waals surface area contributed by atoms with E-state index in [9.17, 15) is 14.4 Å². The number of primary amides is 1. The highest BCUT2D eigenvalue weighted by Gasteiger charge is 2.12. The van der Waals surface area contributed by atoms with Crippen molar-refractivity contribution in [2.24, 2.45) is 5.73 Å². The van der Waals surface area contributed by atoms with Crippen LogP contribution in [0, 0.1) is 12.0 Å². The van der Waals surface area contributed by atoms with Crippen LogP contribution in [0.4, 0.5) is 0 Å². The maximum atomic E-state index is 11.8. The van der Waals surface area contributed by atoms with Gasteiger partial charge in [0.1, 0.15) is 5.69 Å². The lowest BCUT2D eigenvalue weighted by Crippen LogP contribution is -2.28. The number of carbonyl (C=O) groups is 3. The molecule has 0 spiro atoms. The van der Waals surface area contributed by atoms with Crippen LogP contribution in [0.15, 0.2) is 18.9 Å². The Balaban J connectivity index is 2.66. The van der Waals surface area contributed by atoms with Crippen molar-refractivity contribution in [3.8, 4) is 12.0 Å². The SMILES string of the molecule is C=CC(=O)NC#Cc1[nH]ncc1C(=O)NCCC(N)=O. The number of H-pyrrole nitrogens is 1. The number of carbonyl (C=O) groups excluding carboxylic acids is 3. The molecule has 0 saturated carbocycles. The topological polar surface area (TPSA) is 130 Å². The van der Waals surface area contributed by atoms with Crippen LogP contribution in [0.3, 0.4) is 0 Å². The molecule has 0 aliphatic carbocycles. The van der Waals surface area contributed by atoms with Gasteiger partial charge in [-0.1, -0.05) is 6.58 Å². The third-order valence-electron chi connectivity index (χ3n) is 2.10. The Kier molecular flexibility index (Phi) is 5.52. The largest absolute Gasteiger partial charge is 0.370 e. The number of nitrogens with zero attached hydrogens (tertiary/aromatic N) is 1. The molecule has 0 aliphatic rings. The van der Waals surface area contributed by atoms with Crippen molar-refractivity contribution in [3.05, 3.63) is 30.1 Å². The fourth-order valence-corrected chi connectivity index (χ4v) is 1.15. The zero-order valence-electron chi connectivity index (χ0n) is 10.5. The molecule has 20 heavy (non-hydrogen) atoms. The van der Waals surface area contributed by atoms with Gasteiger partial charge in [-0.2, -0.15) is 5.10 Å². The van der Waals surface area contributed by atoms with Gasteiger partial charge in [-0.05, 0) is 12.0 Å². The minimum Gasteiger partial charge on any atom is -0.370 e. The summed E-state index contributed by atoms with van der Waals surface area (Å²) >= 11 is 0. The lowest BCUT2D eigenvalue weighted by molar-refractivity contribution is -0.118. The van der Waals surface area contributed by atoms with E-state index in [-0.39, 0.29) is 24.2 Å². The van der Waals surface area contributed by atoms with E-state index in [1.165, 1.54) is 6.20 Å². The van der Waals surface area contributed by atoms with Gasteiger partial charge in [0, 0.05) is 19.0 Å². The Labute approximate surface area is 114 Å². The van der Waals surface area contributed by atoms with Gasteiger partial charge in [-0.3, -0.25) is 24.8 Å². The van der Waals surface area contributed by atoms with E-state index in [1.807, 2.05) is 0 Å². The van der Waals surface area contributed by atoms with E-state index in [4.69, 9.17) is 5.73 Å². The van der Waals surface area contributed by atoms with Gasteiger partial charge in [0.2, 0.25) is 5.91 Å². The summed E-state index contributed by atoms with van der Waals surface area (Å²) in [5, 5.41) is 10.9. The highest BCUT2D eigenvalue weighted by molar-refractivity contribution is 5.96. The minimum atomic E-state index is -0.510. The zero-order chi connectivity index (χ0) is 15.0. The zero-order valence-corrected chi connectivity index (χ0v) is 10.5. The van der Waals surface area contributed by atoms with Crippen LogP contribution < -0.4 is 16.4 Å². The molecular formula is C12H13N5O3. The van der Waals surface area contributed by atoms with Crippen LogP contribution in [-0.4, -0.2) is 34.5 Å². The molecule has 1 aromatic rings. The number of amides is 3. The number of aromatic amines is 1. The van der Waals surface area contributed by atoms with E-state index in [2.05, 4.69) is 39.4 Å². The third kappa shape index (κ3) is 4.66. The average molecular weight is 275 g/mol. The molecule has 104 valence electrons. The molecule has 3 amide bonds. The normalized spacial score (nSPS) is 9.00. The van der Waals surface area contributed by atoms with Crippen molar-refractivity contribution in [2.75, 3.05) is 6.54 Å². The molecule has 8 heteroatoms. The summed E-state index contributed by atoms with van der Waals surface area (Å²) in [5.74, 6) is 1.13. The molecule has 5 N–H and O–H groups in total. The number of aromatic nitrogens is 2.